The lowest BCUT2D eigenvalue weighted by Crippen LogP contribution is -2.51. The maximum Gasteiger partial charge on any atom is 0.130 e. The van der Waals surface area contributed by atoms with Gasteiger partial charge in [0.25, 0.3) is 0 Å². The van der Waals surface area contributed by atoms with Crippen molar-refractivity contribution < 1.29 is 4.79 Å². The Morgan fingerprint density at radius 3 is 2.42 bits per heavy atom. The van der Waals surface area contributed by atoms with Gasteiger partial charge in [-0.15, -0.1) is 0 Å². The molecule has 4 saturated carbocycles. The second-order valence-corrected chi connectivity index (χ2v) is 10.5. The first kappa shape index (κ1) is 17.1. The van der Waals surface area contributed by atoms with E-state index in [4.69, 9.17) is 0 Å². The van der Waals surface area contributed by atoms with Gasteiger partial charge in [0.2, 0.25) is 0 Å². The fourth-order valence-electron chi connectivity index (χ4n) is 8.26. The van der Waals surface area contributed by atoms with Gasteiger partial charge in [0.15, 0.2) is 0 Å². The average molecular weight is 331 g/mol. The number of hydrogen-bond acceptors (Lipinski definition) is 1. The van der Waals surface area contributed by atoms with E-state index in [2.05, 4.69) is 13.8 Å². The molecule has 0 aromatic heterocycles. The SMILES string of the molecule is CC(=O)C[C@H]1CCC2C3CCC4CCCCC[C@]4(C)C3CC[C@@]21C. The Morgan fingerprint density at radius 2 is 1.62 bits per heavy atom. The smallest absolute Gasteiger partial charge is 0.130 e. The number of ketones is 1. The zero-order valence-electron chi connectivity index (χ0n) is 16.3. The van der Waals surface area contributed by atoms with Crippen molar-refractivity contribution in [1.29, 1.82) is 0 Å². The van der Waals surface area contributed by atoms with E-state index >= 15 is 0 Å². The van der Waals surface area contributed by atoms with Gasteiger partial charge in [0.05, 0.1) is 0 Å². The molecule has 4 aliphatic rings. The van der Waals surface area contributed by atoms with Crippen molar-refractivity contribution in [3.63, 3.8) is 0 Å². The van der Waals surface area contributed by atoms with Crippen molar-refractivity contribution in [1.82, 2.24) is 0 Å². The van der Waals surface area contributed by atoms with Crippen molar-refractivity contribution in [2.75, 3.05) is 0 Å². The highest BCUT2D eigenvalue weighted by molar-refractivity contribution is 5.75. The molecule has 4 fully saturated rings. The van der Waals surface area contributed by atoms with Crippen LogP contribution in [0, 0.1) is 40.4 Å². The molecule has 1 heteroatoms. The second-order valence-electron chi connectivity index (χ2n) is 10.5. The van der Waals surface area contributed by atoms with Crippen molar-refractivity contribution in [2.45, 2.75) is 97.8 Å². The van der Waals surface area contributed by atoms with Crippen LogP contribution in [0.15, 0.2) is 0 Å². The fraction of sp³-hybridized carbons (Fsp3) is 0.957. The lowest BCUT2D eigenvalue weighted by molar-refractivity contribution is -0.121. The summed E-state index contributed by atoms with van der Waals surface area (Å²) in [6.45, 7) is 7.06. The minimum absolute atomic E-state index is 0.420. The largest absolute Gasteiger partial charge is 0.300 e. The van der Waals surface area contributed by atoms with E-state index in [-0.39, 0.29) is 0 Å². The van der Waals surface area contributed by atoms with Gasteiger partial charge in [0, 0.05) is 6.42 Å². The van der Waals surface area contributed by atoms with Crippen LogP contribution in [0.4, 0.5) is 0 Å². The first-order valence-corrected chi connectivity index (χ1v) is 10.9. The monoisotopic (exact) mass is 330 g/mol. The van der Waals surface area contributed by atoms with Gasteiger partial charge in [-0.1, -0.05) is 33.1 Å². The highest BCUT2D eigenvalue weighted by Crippen LogP contribution is 2.67. The van der Waals surface area contributed by atoms with Crippen molar-refractivity contribution in [3.05, 3.63) is 0 Å². The molecular weight excluding hydrogens is 292 g/mol. The molecule has 4 rings (SSSR count). The molecule has 1 nitrogen and oxygen atoms in total. The van der Waals surface area contributed by atoms with Gasteiger partial charge in [0.1, 0.15) is 5.78 Å². The van der Waals surface area contributed by atoms with E-state index in [1.165, 1.54) is 70.6 Å². The van der Waals surface area contributed by atoms with Crippen LogP contribution in [-0.2, 0) is 4.79 Å². The number of carbonyl (C=O) groups excluding carboxylic acids is 1. The highest BCUT2D eigenvalue weighted by Gasteiger charge is 2.59. The first-order valence-electron chi connectivity index (χ1n) is 10.9. The van der Waals surface area contributed by atoms with Crippen LogP contribution in [0.3, 0.4) is 0 Å². The van der Waals surface area contributed by atoms with E-state index in [1.807, 2.05) is 0 Å². The van der Waals surface area contributed by atoms with Crippen LogP contribution >= 0.6 is 0 Å². The number of rotatable bonds is 2. The number of fused-ring (bicyclic) bond motifs is 5. The standard InChI is InChI=1S/C23H38O/c1-16(24)15-18-9-11-20-19-10-8-17-7-5-4-6-13-22(17,2)21(19)12-14-23(18,20)3/h17-21H,4-15H2,1-3H3/t17?,18-,19?,20?,21?,22+,23-/m1/s1. The van der Waals surface area contributed by atoms with E-state index in [9.17, 15) is 4.79 Å². The number of Topliss-reactive ketones (excluding diaryl/α,β-unsaturated/α-hetero) is 1. The summed E-state index contributed by atoms with van der Waals surface area (Å²) in [5.74, 6) is 4.99. The molecule has 0 N–H and O–H groups in total. The molecule has 4 unspecified atom stereocenters. The lowest BCUT2D eigenvalue weighted by atomic mass is 9.46. The lowest BCUT2D eigenvalue weighted by Gasteiger charge is -2.59. The van der Waals surface area contributed by atoms with Gasteiger partial charge in [-0.05, 0) is 98.7 Å². The molecule has 0 amide bonds. The molecule has 0 spiro atoms. The van der Waals surface area contributed by atoms with Crippen LogP contribution in [-0.4, -0.2) is 5.78 Å². The average Bonchev–Trinajstić information content (AvgIpc) is 2.73. The summed E-state index contributed by atoms with van der Waals surface area (Å²) in [4.78, 5) is 11.8. The summed E-state index contributed by atoms with van der Waals surface area (Å²) < 4.78 is 0. The van der Waals surface area contributed by atoms with Crippen LogP contribution in [0.25, 0.3) is 0 Å². The van der Waals surface area contributed by atoms with Gasteiger partial charge >= 0.3 is 0 Å². The Labute approximate surface area is 149 Å². The molecule has 0 bridgehead atoms. The van der Waals surface area contributed by atoms with E-state index in [0.29, 0.717) is 22.5 Å². The summed E-state index contributed by atoms with van der Waals surface area (Å²) in [5.41, 5.74) is 1.11. The Morgan fingerprint density at radius 1 is 0.833 bits per heavy atom. The van der Waals surface area contributed by atoms with Crippen LogP contribution in [0.2, 0.25) is 0 Å². The van der Waals surface area contributed by atoms with Crippen molar-refractivity contribution >= 4 is 5.78 Å². The molecule has 7 atom stereocenters. The van der Waals surface area contributed by atoms with Crippen LogP contribution in [0.5, 0.6) is 0 Å². The van der Waals surface area contributed by atoms with Crippen LogP contribution in [0.1, 0.15) is 97.8 Å². The van der Waals surface area contributed by atoms with E-state index < -0.39 is 0 Å². The molecule has 0 aromatic carbocycles. The molecule has 136 valence electrons. The van der Waals surface area contributed by atoms with Gasteiger partial charge in [-0.2, -0.15) is 0 Å². The fourth-order valence-corrected chi connectivity index (χ4v) is 8.26. The predicted octanol–water partition coefficient (Wildman–Crippen LogP) is 6.40. The third-order valence-electron chi connectivity index (χ3n) is 9.56. The quantitative estimate of drug-likeness (QED) is 0.572. The van der Waals surface area contributed by atoms with Gasteiger partial charge in [-0.3, -0.25) is 0 Å². The summed E-state index contributed by atoms with van der Waals surface area (Å²) >= 11 is 0. The Hall–Kier alpha value is -0.330. The third kappa shape index (κ3) is 2.52. The van der Waals surface area contributed by atoms with Crippen LogP contribution < -0.4 is 0 Å². The normalized spacial score (nSPS) is 51.2. The molecule has 0 aliphatic heterocycles. The van der Waals surface area contributed by atoms with E-state index in [1.54, 1.807) is 6.92 Å². The minimum atomic E-state index is 0.420. The summed E-state index contributed by atoms with van der Waals surface area (Å²) in [6.07, 6.45) is 16.9. The summed E-state index contributed by atoms with van der Waals surface area (Å²) in [7, 11) is 0. The topological polar surface area (TPSA) is 17.1 Å². The molecule has 4 aliphatic carbocycles. The van der Waals surface area contributed by atoms with E-state index in [0.717, 1.165) is 30.1 Å². The Bertz CT molecular complexity index is 496. The maximum atomic E-state index is 11.8. The molecule has 0 radical (unpaired) electrons. The Kier molecular flexibility index (Phi) is 4.37. The molecule has 24 heavy (non-hydrogen) atoms. The van der Waals surface area contributed by atoms with Crippen molar-refractivity contribution in [3.8, 4) is 0 Å². The maximum absolute atomic E-state index is 11.8. The van der Waals surface area contributed by atoms with Crippen molar-refractivity contribution in [2.24, 2.45) is 40.4 Å². The Balaban J connectivity index is 1.59. The van der Waals surface area contributed by atoms with Gasteiger partial charge in [-0.25, -0.2) is 0 Å². The number of carbonyl (C=O) groups is 1. The highest BCUT2D eigenvalue weighted by atomic mass is 16.1. The molecule has 0 aromatic rings. The third-order valence-corrected chi connectivity index (χ3v) is 9.56. The zero-order valence-corrected chi connectivity index (χ0v) is 16.3. The predicted molar refractivity (Wildman–Crippen MR) is 99.7 cm³/mol. The second kappa shape index (κ2) is 6.13. The van der Waals surface area contributed by atoms with Gasteiger partial charge < -0.3 is 4.79 Å². The summed E-state index contributed by atoms with van der Waals surface area (Å²) in [5, 5.41) is 0. The first-order chi connectivity index (χ1) is 11.4. The molecular formula is C23H38O. The zero-order chi connectivity index (χ0) is 16.9. The minimum Gasteiger partial charge on any atom is -0.300 e. The summed E-state index contributed by atoms with van der Waals surface area (Å²) in [6, 6.07) is 0. The number of hydrogen-bond donors (Lipinski definition) is 0. The molecule has 0 heterocycles. The molecule has 0 saturated heterocycles.